The van der Waals surface area contributed by atoms with Crippen LogP contribution >= 0.6 is 11.3 Å². The van der Waals surface area contributed by atoms with Crippen molar-refractivity contribution in [3.63, 3.8) is 0 Å². The van der Waals surface area contributed by atoms with E-state index in [2.05, 4.69) is 9.97 Å². The van der Waals surface area contributed by atoms with E-state index < -0.39 is 21.0 Å². The number of thiazole rings is 1. The fourth-order valence-electron chi connectivity index (χ4n) is 4.16. The maximum atomic E-state index is 13.1. The minimum atomic E-state index is -3.52. The van der Waals surface area contributed by atoms with E-state index in [4.69, 9.17) is 0 Å². The number of hydrogen-bond acceptors (Lipinski definition) is 6. The van der Waals surface area contributed by atoms with E-state index >= 15 is 0 Å². The zero-order valence-corrected chi connectivity index (χ0v) is 17.0. The van der Waals surface area contributed by atoms with Gasteiger partial charge < -0.3 is 4.90 Å². The van der Waals surface area contributed by atoms with Crippen LogP contribution in [0.25, 0.3) is 11.1 Å². The fraction of sp³-hybridized carbons (Fsp3) is 0.250. The standard InChI is InChI=1S/C20H16FN3O3S2/c1-11-23-16(10-28-11)20(25)24-8-15-14-6-12(13-3-5-19(21)22-7-13)2-4-17(14)29(26,27)18(15)9-24/h2-7,10,15,18H,8-9H2,1H3/t15-,18-/m0/s1. The second-order valence-corrected chi connectivity index (χ2v) is 10.5. The molecule has 0 unspecified atom stereocenters. The monoisotopic (exact) mass is 429 g/mol. The summed E-state index contributed by atoms with van der Waals surface area (Å²) in [6.45, 7) is 2.31. The Hall–Kier alpha value is -2.65. The largest absolute Gasteiger partial charge is 0.335 e. The van der Waals surface area contributed by atoms with Gasteiger partial charge in [0.15, 0.2) is 9.84 Å². The summed E-state index contributed by atoms with van der Waals surface area (Å²) in [7, 11) is -3.52. The molecule has 3 aromatic rings. The number of carbonyl (C=O) groups is 1. The molecular formula is C20H16FN3O3S2. The minimum absolute atomic E-state index is 0.157. The van der Waals surface area contributed by atoms with Crippen LogP contribution in [0.5, 0.6) is 0 Å². The predicted octanol–water partition coefficient (Wildman–Crippen LogP) is 3.05. The summed E-state index contributed by atoms with van der Waals surface area (Å²) in [5.41, 5.74) is 2.55. The van der Waals surface area contributed by atoms with Gasteiger partial charge >= 0.3 is 0 Å². The maximum absolute atomic E-state index is 13.1. The van der Waals surface area contributed by atoms with E-state index in [1.54, 1.807) is 28.5 Å². The van der Waals surface area contributed by atoms with Gasteiger partial charge in [0.05, 0.1) is 15.2 Å². The number of hydrogen-bond donors (Lipinski definition) is 0. The van der Waals surface area contributed by atoms with Crippen molar-refractivity contribution in [1.29, 1.82) is 0 Å². The number of sulfone groups is 1. The molecule has 0 aliphatic carbocycles. The molecule has 4 heterocycles. The van der Waals surface area contributed by atoms with Crippen LogP contribution < -0.4 is 0 Å². The molecule has 1 aromatic carbocycles. The summed E-state index contributed by atoms with van der Waals surface area (Å²) in [5, 5.41) is 1.85. The Kier molecular flexibility index (Phi) is 4.08. The van der Waals surface area contributed by atoms with Crippen LogP contribution in [0.1, 0.15) is 27.0 Å². The van der Waals surface area contributed by atoms with Gasteiger partial charge in [-0.3, -0.25) is 4.79 Å². The SMILES string of the molecule is Cc1nc(C(=O)N2C[C@H]3c4cc(-c5ccc(F)nc5)ccc4S(=O)(=O)[C@H]3C2)cs1. The van der Waals surface area contributed by atoms with Crippen molar-refractivity contribution in [2.24, 2.45) is 0 Å². The van der Waals surface area contributed by atoms with E-state index in [0.717, 1.165) is 10.6 Å². The van der Waals surface area contributed by atoms with Crippen molar-refractivity contribution in [1.82, 2.24) is 14.9 Å². The first-order valence-corrected chi connectivity index (χ1v) is 11.5. The molecule has 1 saturated heterocycles. The van der Waals surface area contributed by atoms with Gasteiger partial charge in [-0.15, -0.1) is 11.3 Å². The number of likely N-dealkylation sites (tertiary alicyclic amines) is 1. The van der Waals surface area contributed by atoms with Crippen LogP contribution in [0.3, 0.4) is 0 Å². The molecule has 2 aliphatic rings. The first-order chi connectivity index (χ1) is 13.8. The van der Waals surface area contributed by atoms with Crippen LogP contribution in [0.2, 0.25) is 0 Å². The number of nitrogens with zero attached hydrogens (tertiary/aromatic N) is 3. The summed E-state index contributed by atoms with van der Waals surface area (Å²) in [4.78, 5) is 22.6. The molecule has 0 N–H and O–H groups in total. The van der Waals surface area contributed by atoms with Gasteiger partial charge in [0.25, 0.3) is 5.91 Å². The number of benzene rings is 1. The van der Waals surface area contributed by atoms with E-state index in [1.807, 2.05) is 13.0 Å². The average Bonchev–Trinajstić information content (AvgIpc) is 3.38. The molecule has 1 amide bonds. The van der Waals surface area contributed by atoms with Gasteiger partial charge in [0, 0.05) is 36.1 Å². The Labute approximate surface area is 171 Å². The van der Waals surface area contributed by atoms with Gasteiger partial charge in [-0.05, 0) is 42.3 Å². The minimum Gasteiger partial charge on any atom is -0.335 e. The second kappa shape index (κ2) is 6.43. The zero-order valence-electron chi connectivity index (χ0n) is 15.4. The number of aromatic nitrogens is 2. The first-order valence-electron chi connectivity index (χ1n) is 9.06. The normalized spacial score (nSPS) is 21.8. The van der Waals surface area contributed by atoms with Crippen molar-refractivity contribution in [2.45, 2.75) is 23.0 Å². The summed E-state index contributed by atoms with van der Waals surface area (Å²) in [5.74, 6) is -1.09. The van der Waals surface area contributed by atoms with Crippen LogP contribution in [-0.4, -0.2) is 47.5 Å². The van der Waals surface area contributed by atoms with Crippen molar-refractivity contribution >= 4 is 27.1 Å². The molecule has 0 bridgehead atoms. The summed E-state index contributed by atoms with van der Waals surface area (Å²) in [6, 6.07) is 8.03. The molecule has 6 nitrogen and oxygen atoms in total. The highest BCUT2D eigenvalue weighted by Crippen LogP contribution is 2.46. The fourth-order valence-corrected chi connectivity index (χ4v) is 6.91. The smallest absolute Gasteiger partial charge is 0.273 e. The molecule has 2 aromatic heterocycles. The van der Waals surface area contributed by atoms with Crippen LogP contribution in [0, 0.1) is 12.9 Å². The van der Waals surface area contributed by atoms with Crippen LogP contribution in [0.4, 0.5) is 4.39 Å². The molecule has 0 radical (unpaired) electrons. The van der Waals surface area contributed by atoms with Crippen LogP contribution in [-0.2, 0) is 9.84 Å². The lowest BCUT2D eigenvalue weighted by Gasteiger charge is -2.17. The van der Waals surface area contributed by atoms with Gasteiger partial charge in [-0.2, -0.15) is 4.39 Å². The first kappa shape index (κ1) is 18.4. The third-order valence-electron chi connectivity index (χ3n) is 5.57. The third kappa shape index (κ3) is 2.87. The van der Waals surface area contributed by atoms with Crippen LogP contribution in [0.15, 0.2) is 46.8 Å². The number of aryl methyl sites for hydroxylation is 1. The summed E-state index contributed by atoms with van der Waals surface area (Å²) >= 11 is 1.39. The Morgan fingerprint density at radius 3 is 2.69 bits per heavy atom. The lowest BCUT2D eigenvalue weighted by molar-refractivity contribution is 0.0785. The average molecular weight is 429 g/mol. The van der Waals surface area contributed by atoms with E-state index in [1.165, 1.54) is 23.6 Å². The molecule has 148 valence electrons. The lowest BCUT2D eigenvalue weighted by Crippen LogP contribution is -2.31. The molecule has 2 aliphatic heterocycles. The predicted molar refractivity (Wildman–Crippen MR) is 106 cm³/mol. The number of amides is 1. The molecule has 0 spiro atoms. The summed E-state index contributed by atoms with van der Waals surface area (Å²) < 4.78 is 39.2. The molecule has 29 heavy (non-hydrogen) atoms. The van der Waals surface area contributed by atoms with E-state index in [9.17, 15) is 17.6 Å². The van der Waals surface area contributed by atoms with E-state index in [0.29, 0.717) is 28.3 Å². The maximum Gasteiger partial charge on any atom is 0.273 e. The number of fused-ring (bicyclic) bond motifs is 3. The molecule has 9 heteroatoms. The lowest BCUT2D eigenvalue weighted by atomic mass is 9.95. The molecule has 1 fully saturated rings. The highest BCUT2D eigenvalue weighted by Gasteiger charge is 2.51. The Morgan fingerprint density at radius 1 is 1.21 bits per heavy atom. The van der Waals surface area contributed by atoms with E-state index in [-0.39, 0.29) is 18.4 Å². The number of rotatable bonds is 2. The van der Waals surface area contributed by atoms with Gasteiger partial charge in [0.1, 0.15) is 5.69 Å². The van der Waals surface area contributed by atoms with Crippen molar-refractivity contribution < 1.29 is 17.6 Å². The highest BCUT2D eigenvalue weighted by atomic mass is 32.2. The molecule has 5 rings (SSSR count). The molecule has 0 saturated carbocycles. The quantitative estimate of drug-likeness (QED) is 0.585. The topological polar surface area (TPSA) is 80.2 Å². The zero-order chi connectivity index (χ0) is 20.3. The van der Waals surface area contributed by atoms with Gasteiger partial charge in [-0.25, -0.2) is 18.4 Å². The summed E-state index contributed by atoms with van der Waals surface area (Å²) in [6.07, 6.45) is 1.42. The Bertz CT molecular complexity index is 1240. The number of carbonyl (C=O) groups excluding carboxylic acids is 1. The van der Waals surface area contributed by atoms with Crippen molar-refractivity contribution in [3.05, 3.63) is 64.1 Å². The third-order valence-corrected chi connectivity index (χ3v) is 8.60. The Morgan fingerprint density at radius 2 is 2.00 bits per heavy atom. The highest BCUT2D eigenvalue weighted by molar-refractivity contribution is 7.92. The molecule has 2 atom stereocenters. The Balaban J connectivity index is 1.51. The number of halogens is 1. The van der Waals surface area contributed by atoms with Crippen molar-refractivity contribution in [2.75, 3.05) is 13.1 Å². The van der Waals surface area contributed by atoms with Gasteiger partial charge in [0.2, 0.25) is 5.95 Å². The van der Waals surface area contributed by atoms with Gasteiger partial charge in [-0.1, -0.05) is 6.07 Å². The second-order valence-electron chi connectivity index (χ2n) is 7.27. The number of pyridine rings is 1. The molecular weight excluding hydrogens is 413 g/mol. The van der Waals surface area contributed by atoms with Crippen molar-refractivity contribution in [3.8, 4) is 11.1 Å².